The summed E-state index contributed by atoms with van der Waals surface area (Å²) in [6.07, 6.45) is -0.561. The smallest absolute Gasteiger partial charge is 0.407 e. The molecule has 0 aromatic heterocycles. The van der Waals surface area contributed by atoms with Crippen LogP contribution in [-0.4, -0.2) is 108 Å². The van der Waals surface area contributed by atoms with E-state index in [0.29, 0.717) is 51.2 Å². The van der Waals surface area contributed by atoms with Gasteiger partial charge < -0.3 is 44.2 Å². The van der Waals surface area contributed by atoms with Gasteiger partial charge in [0, 0.05) is 19.6 Å². The van der Waals surface area contributed by atoms with Crippen molar-refractivity contribution in [2.45, 2.75) is 75.4 Å². The Bertz CT molecular complexity index is 1540. The number of unbranched alkanes of at least 4 members (excludes halogenated alkanes) is 1. The SMILES string of the molecule is COC(=O)NCCCCC(C)(C)CN(C[C@@H](O)[C@H](Cc1ccccc1)NC(=O)O[C@H]1CO[C@H]2OCC[C@H]21)S(=O)(=O)c1cccc2c1OCCO2. The van der Waals surface area contributed by atoms with Crippen LogP contribution in [0, 0.1) is 11.3 Å². The van der Waals surface area contributed by atoms with Gasteiger partial charge in [0.1, 0.15) is 24.2 Å². The highest BCUT2D eigenvalue weighted by molar-refractivity contribution is 7.89. The molecule has 50 heavy (non-hydrogen) atoms. The van der Waals surface area contributed by atoms with Crippen LogP contribution < -0.4 is 20.1 Å². The van der Waals surface area contributed by atoms with E-state index < -0.39 is 52.2 Å². The largest absolute Gasteiger partial charge is 0.486 e. The molecule has 14 nitrogen and oxygen atoms in total. The van der Waals surface area contributed by atoms with Crippen molar-refractivity contribution in [3.8, 4) is 11.5 Å². The van der Waals surface area contributed by atoms with Crippen molar-refractivity contribution in [3.63, 3.8) is 0 Å². The number of aliphatic hydroxyl groups excluding tert-OH is 1. The molecule has 0 bridgehead atoms. The zero-order valence-electron chi connectivity index (χ0n) is 28.9. The van der Waals surface area contributed by atoms with Crippen molar-refractivity contribution >= 4 is 22.2 Å². The molecular weight excluding hydrogens is 670 g/mol. The monoisotopic (exact) mass is 719 g/mol. The maximum Gasteiger partial charge on any atom is 0.407 e. The number of nitrogens with zero attached hydrogens (tertiary/aromatic N) is 1. The van der Waals surface area contributed by atoms with Gasteiger partial charge in [-0.1, -0.05) is 56.7 Å². The molecule has 0 radical (unpaired) electrons. The van der Waals surface area contributed by atoms with Crippen LogP contribution in [0.25, 0.3) is 0 Å². The van der Waals surface area contributed by atoms with E-state index in [1.165, 1.54) is 17.5 Å². The van der Waals surface area contributed by atoms with Crippen molar-refractivity contribution < 1.29 is 51.5 Å². The van der Waals surface area contributed by atoms with E-state index in [1.807, 2.05) is 44.2 Å². The Hall–Kier alpha value is -3.63. The summed E-state index contributed by atoms with van der Waals surface area (Å²) in [5, 5.41) is 17.3. The molecule has 0 spiro atoms. The predicted octanol–water partition coefficient (Wildman–Crippen LogP) is 3.46. The number of amides is 2. The van der Waals surface area contributed by atoms with Gasteiger partial charge in [0.15, 0.2) is 17.8 Å². The van der Waals surface area contributed by atoms with Crippen LogP contribution in [0.2, 0.25) is 0 Å². The molecule has 2 aromatic carbocycles. The van der Waals surface area contributed by atoms with Crippen LogP contribution in [-0.2, 0) is 35.4 Å². The summed E-state index contributed by atoms with van der Waals surface area (Å²) in [7, 11) is -2.96. The maximum atomic E-state index is 14.5. The molecule has 3 aliphatic rings. The maximum absolute atomic E-state index is 14.5. The molecule has 3 aliphatic heterocycles. The van der Waals surface area contributed by atoms with Crippen LogP contribution in [0.4, 0.5) is 9.59 Å². The lowest BCUT2D eigenvalue weighted by molar-refractivity contribution is -0.0907. The van der Waals surface area contributed by atoms with E-state index in [4.69, 9.17) is 23.7 Å². The molecule has 2 fully saturated rings. The number of nitrogens with one attached hydrogen (secondary N) is 2. The third-order valence-electron chi connectivity index (χ3n) is 9.19. The van der Waals surface area contributed by atoms with Crippen molar-refractivity contribution in [1.29, 1.82) is 0 Å². The number of benzene rings is 2. The zero-order chi connectivity index (χ0) is 35.7. The third kappa shape index (κ3) is 9.78. The summed E-state index contributed by atoms with van der Waals surface area (Å²) in [5.41, 5.74) is 0.289. The zero-order valence-corrected chi connectivity index (χ0v) is 29.7. The fourth-order valence-corrected chi connectivity index (χ4v) is 8.33. The van der Waals surface area contributed by atoms with Crippen molar-refractivity contribution in [2.24, 2.45) is 11.3 Å². The molecule has 0 unspecified atom stereocenters. The van der Waals surface area contributed by atoms with E-state index in [-0.39, 0.29) is 49.3 Å². The average molecular weight is 720 g/mol. The second-order valence-corrected chi connectivity index (χ2v) is 15.5. The quantitative estimate of drug-likeness (QED) is 0.217. The molecule has 276 valence electrons. The van der Waals surface area contributed by atoms with E-state index in [9.17, 15) is 23.1 Å². The first-order valence-corrected chi connectivity index (χ1v) is 18.5. The van der Waals surface area contributed by atoms with Crippen LogP contribution in [0.1, 0.15) is 45.1 Å². The standard InChI is InChI=1S/C35H49N3O11S/c1-35(2,15-7-8-16-36-33(40)44-3)23-38(50(42,43)30-13-9-12-28-31(30)46-19-18-45-28)21-27(39)26(20-24-10-5-4-6-11-24)37-34(41)49-29-22-48-32-25(29)14-17-47-32/h4-6,9-13,25-27,29,32,39H,7-8,14-23H2,1-3H3,(H,36,40)(H,37,41)/t25-,26-,27+,29-,32+/m0/s1. The number of methoxy groups -OCH3 is 1. The molecule has 15 heteroatoms. The Balaban J connectivity index is 1.36. The van der Waals surface area contributed by atoms with Crippen LogP contribution in [0.3, 0.4) is 0 Å². The Morgan fingerprint density at radius 3 is 2.58 bits per heavy atom. The number of para-hydroxylation sites is 1. The number of sulfonamides is 1. The molecule has 2 aromatic rings. The number of carbonyl (C=O) groups is 2. The molecule has 2 saturated heterocycles. The summed E-state index contributed by atoms with van der Waals surface area (Å²) in [5.74, 6) is 0.383. The molecule has 0 saturated carbocycles. The molecule has 5 atom stereocenters. The van der Waals surface area contributed by atoms with Gasteiger partial charge in [-0.25, -0.2) is 18.0 Å². The molecule has 2 amide bonds. The lowest BCUT2D eigenvalue weighted by atomic mass is 9.87. The van der Waals surface area contributed by atoms with Crippen LogP contribution in [0.5, 0.6) is 11.5 Å². The van der Waals surface area contributed by atoms with Gasteiger partial charge in [-0.2, -0.15) is 4.31 Å². The van der Waals surface area contributed by atoms with Crippen LogP contribution in [0.15, 0.2) is 53.4 Å². The topological polar surface area (TPSA) is 171 Å². The van der Waals surface area contributed by atoms with E-state index in [2.05, 4.69) is 15.4 Å². The minimum atomic E-state index is -4.26. The number of hydrogen-bond acceptors (Lipinski definition) is 11. The van der Waals surface area contributed by atoms with Gasteiger partial charge in [-0.15, -0.1) is 0 Å². The fourth-order valence-electron chi connectivity index (χ4n) is 6.54. The van der Waals surface area contributed by atoms with Gasteiger partial charge in [0.25, 0.3) is 0 Å². The number of rotatable bonds is 16. The Labute approximate surface area is 293 Å². The fraction of sp³-hybridized carbons (Fsp3) is 0.600. The number of ether oxygens (including phenoxy) is 6. The van der Waals surface area contributed by atoms with E-state index >= 15 is 0 Å². The normalized spacial score (nSPS) is 21.3. The Kier molecular flexibility index (Phi) is 12.8. The van der Waals surface area contributed by atoms with Crippen molar-refractivity contribution in [1.82, 2.24) is 14.9 Å². The highest BCUT2D eigenvalue weighted by atomic mass is 32.2. The summed E-state index contributed by atoms with van der Waals surface area (Å²) in [6, 6.07) is 13.1. The minimum Gasteiger partial charge on any atom is -0.486 e. The van der Waals surface area contributed by atoms with Gasteiger partial charge in [-0.05, 0) is 48.8 Å². The van der Waals surface area contributed by atoms with Crippen LogP contribution >= 0.6 is 0 Å². The first kappa shape index (κ1) is 37.6. The third-order valence-corrected chi connectivity index (χ3v) is 11.0. The number of alkyl carbamates (subject to hydrolysis) is 2. The predicted molar refractivity (Wildman–Crippen MR) is 181 cm³/mol. The summed E-state index contributed by atoms with van der Waals surface area (Å²) >= 11 is 0. The van der Waals surface area contributed by atoms with Gasteiger partial charge in [0.05, 0.1) is 38.4 Å². The highest BCUT2D eigenvalue weighted by Crippen LogP contribution is 2.39. The molecule has 0 aliphatic carbocycles. The van der Waals surface area contributed by atoms with Gasteiger partial charge in [-0.3, -0.25) is 0 Å². The number of carbonyl (C=O) groups excluding carboxylic acids is 2. The van der Waals surface area contributed by atoms with Crippen molar-refractivity contribution in [3.05, 3.63) is 54.1 Å². The van der Waals surface area contributed by atoms with Gasteiger partial charge >= 0.3 is 12.2 Å². The highest BCUT2D eigenvalue weighted by Gasteiger charge is 2.44. The summed E-state index contributed by atoms with van der Waals surface area (Å²) in [6.45, 7) is 5.27. The molecular formula is C35H49N3O11S. The summed E-state index contributed by atoms with van der Waals surface area (Å²) < 4.78 is 63.3. The molecule has 3 N–H and O–H groups in total. The summed E-state index contributed by atoms with van der Waals surface area (Å²) in [4.78, 5) is 24.7. The Morgan fingerprint density at radius 1 is 1.02 bits per heavy atom. The number of aliphatic hydroxyl groups is 1. The number of fused-ring (bicyclic) bond motifs is 2. The first-order valence-electron chi connectivity index (χ1n) is 17.1. The first-order chi connectivity index (χ1) is 24.0. The second kappa shape index (κ2) is 17.1. The Morgan fingerprint density at radius 2 is 1.80 bits per heavy atom. The van der Waals surface area contributed by atoms with E-state index in [1.54, 1.807) is 12.1 Å². The lowest BCUT2D eigenvalue weighted by Crippen LogP contribution is -2.52. The molecule has 3 heterocycles. The van der Waals surface area contributed by atoms with Crippen molar-refractivity contribution in [2.75, 3.05) is 53.2 Å². The minimum absolute atomic E-state index is 0.0479. The molecule has 5 rings (SSSR count). The average Bonchev–Trinajstić information content (AvgIpc) is 3.72. The second-order valence-electron chi connectivity index (χ2n) is 13.6. The lowest BCUT2D eigenvalue weighted by Gasteiger charge is -2.35. The van der Waals surface area contributed by atoms with Gasteiger partial charge in [0.2, 0.25) is 10.0 Å². The van der Waals surface area contributed by atoms with E-state index in [0.717, 1.165) is 5.56 Å². The number of hydrogen-bond donors (Lipinski definition) is 3.